The van der Waals surface area contributed by atoms with Crippen LogP contribution in [-0.2, 0) is 65.4 Å². The van der Waals surface area contributed by atoms with E-state index >= 15 is 0 Å². The van der Waals surface area contributed by atoms with Crippen LogP contribution in [0.25, 0.3) is 0 Å². The van der Waals surface area contributed by atoms with Crippen molar-refractivity contribution in [3.05, 3.63) is 0 Å². The minimum absolute atomic E-state index is 0.105. The number of carbonyl (C=O) groups excluding carboxylic acids is 4. The van der Waals surface area contributed by atoms with Gasteiger partial charge in [-0.1, -0.05) is 331 Å². The number of esters is 4. The number of phosphoric ester groups is 2. The molecule has 0 saturated heterocycles. The molecule has 0 aliphatic carbocycles. The number of carbonyl (C=O) groups is 4. The molecular formula is C76H148O17P2. The van der Waals surface area contributed by atoms with Gasteiger partial charge in [-0.2, -0.15) is 0 Å². The van der Waals surface area contributed by atoms with Gasteiger partial charge in [-0.05, 0) is 49.4 Å². The van der Waals surface area contributed by atoms with Crippen molar-refractivity contribution in [1.29, 1.82) is 0 Å². The molecule has 0 aliphatic rings. The lowest BCUT2D eigenvalue weighted by Gasteiger charge is -2.21. The second-order valence-corrected chi connectivity index (χ2v) is 32.2. The Hall–Kier alpha value is -1.94. The zero-order chi connectivity index (χ0) is 70.3. The molecule has 19 heteroatoms. The third-order valence-corrected chi connectivity index (χ3v) is 19.5. The maximum atomic E-state index is 13.1. The number of aliphatic hydroxyl groups is 1. The van der Waals surface area contributed by atoms with Crippen molar-refractivity contribution in [3.63, 3.8) is 0 Å². The predicted molar refractivity (Wildman–Crippen MR) is 386 cm³/mol. The monoisotopic (exact) mass is 1400 g/mol. The van der Waals surface area contributed by atoms with Gasteiger partial charge < -0.3 is 33.8 Å². The minimum Gasteiger partial charge on any atom is -0.462 e. The van der Waals surface area contributed by atoms with Gasteiger partial charge in [0.25, 0.3) is 0 Å². The lowest BCUT2D eigenvalue weighted by atomic mass is 10.0. The molecule has 0 radical (unpaired) electrons. The van der Waals surface area contributed by atoms with E-state index < -0.39 is 97.5 Å². The second-order valence-electron chi connectivity index (χ2n) is 29.3. The van der Waals surface area contributed by atoms with E-state index in [2.05, 4.69) is 55.4 Å². The van der Waals surface area contributed by atoms with Crippen LogP contribution in [0.15, 0.2) is 0 Å². The molecule has 0 aromatic heterocycles. The second kappa shape index (κ2) is 65.4. The van der Waals surface area contributed by atoms with Crippen molar-refractivity contribution in [3.8, 4) is 0 Å². The fourth-order valence-electron chi connectivity index (χ4n) is 11.6. The maximum Gasteiger partial charge on any atom is 0.472 e. The van der Waals surface area contributed by atoms with Crippen LogP contribution >= 0.6 is 15.6 Å². The molecule has 5 atom stereocenters. The van der Waals surface area contributed by atoms with Gasteiger partial charge in [0.1, 0.15) is 19.3 Å². The first-order valence-corrected chi connectivity index (χ1v) is 42.2. The van der Waals surface area contributed by atoms with Crippen molar-refractivity contribution < 1.29 is 80.2 Å². The standard InChI is InChI=1S/C76H148O17P2/c1-66(2)52-44-36-28-22-16-11-9-10-12-19-25-31-40-48-56-73(78)86-62-71(92-76(81)59-51-43-33-27-21-15-18-24-30-38-46-54-68(5)6)64-90-94(82,83)88-60-70(77)61-89-95(84,85)91-65-72(63-87-74(79)57-49-41-35-34-39-47-55-69(7)8)93-75(80)58-50-42-32-26-20-14-13-17-23-29-37-45-53-67(3)4/h66-72,77H,9-65H2,1-8H3,(H,82,83)(H,84,85)/t70-,71-,72-/m1/s1. The van der Waals surface area contributed by atoms with Crippen LogP contribution in [0.2, 0.25) is 0 Å². The molecule has 17 nitrogen and oxygen atoms in total. The van der Waals surface area contributed by atoms with Crippen molar-refractivity contribution >= 4 is 39.5 Å². The number of hydrogen-bond donors (Lipinski definition) is 3. The van der Waals surface area contributed by atoms with E-state index in [0.717, 1.165) is 114 Å². The average molecular weight is 1400 g/mol. The first kappa shape index (κ1) is 93.1. The van der Waals surface area contributed by atoms with E-state index in [1.165, 1.54) is 180 Å². The van der Waals surface area contributed by atoms with Crippen LogP contribution in [0, 0.1) is 23.7 Å². The number of rotatable bonds is 73. The number of unbranched alkanes of at least 4 members (excludes halogenated alkanes) is 39. The molecule has 0 spiro atoms. The van der Waals surface area contributed by atoms with E-state index in [-0.39, 0.29) is 25.7 Å². The Morgan fingerprint density at radius 3 is 0.653 bits per heavy atom. The number of hydrogen-bond acceptors (Lipinski definition) is 15. The molecule has 564 valence electrons. The van der Waals surface area contributed by atoms with E-state index in [9.17, 15) is 43.2 Å². The molecule has 2 unspecified atom stereocenters. The quantitative estimate of drug-likeness (QED) is 0.0222. The van der Waals surface area contributed by atoms with Gasteiger partial charge >= 0.3 is 39.5 Å². The Kier molecular flexibility index (Phi) is 64.0. The van der Waals surface area contributed by atoms with Crippen LogP contribution in [0.5, 0.6) is 0 Å². The van der Waals surface area contributed by atoms with Crippen LogP contribution in [0.1, 0.15) is 383 Å². The Labute approximate surface area is 581 Å². The number of phosphoric acid groups is 2. The Morgan fingerprint density at radius 1 is 0.263 bits per heavy atom. The Bertz CT molecular complexity index is 1870. The number of aliphatic hydroxyl groups excluding tert-OH is 1. The average Bonchev–Trinajstić information content (AvgIpc) is 1.85. The summed E-state index contributed by atoms with van der Waals surface area (Å²) in [6.07, 6.45) is 50.1. The smallest absolute Gasteiger partial charge is 0.462 e. The van der Waals surface area contributed by atoms with Crippen molar-refractivity contribution in [1.82, 2.24) is 0 Å². The number of ether oxygens (including phenoxy) is 4. The lowest BCUT2D eigenvalue weighted by Crippen LogP contribution is -2.30. The fourth-order valence-corrected chi connectivity index (χ4v) is 13.1. The van der Waals surface area contributed by atoms with E-state index in [0.29, 0.717) is 31.6 Å². The lowest BCUT2D eigenvalue weighted by molar-refractivity contribution is -0.161. The minimum atomic E-state index is -4.96. The zero-order valence-corrected chi connectivity index (χ0v) is 64.1. The van der Waals surface area contributed by atoms with Crippen molar-refractivity contribution in [2.45, 2.75) is 401 Å². The first-order chi connectivity index (χ1) is 45.6. The molecule has 0 fully saturated rings. The molecule has 0 saturated carbocycles. The molecule has 0 aromatic rings. The fraction of sp³-hybridized carbons (Fsp3) is 0.947. The summed E-state index contributed by atoms with van der Waals surface area (Å²) in [5.41, 5.74) is 0. The van der Waals surface area contributed by atoms with E-state index in [1.54, 1.807) is 0 Å². The molecule has 0 aliphatic heterocycles. The third-order valence-electron chi connectivity index (χ3n) is 17.6. The highest BCUT2D eigenvalue weighted by Gasteiger charge is 2.30. The van der Waals surface area contributed by atoms with Gasteiger partial charge in [0.05, 0.1) is 26.4 Å². The highest BCUT2D eigenvalue weighted by atomic mass is 31.2. The van der Waals surface area contributed by atoms with Crippen LogP contribution < -0.4 is 0 Å². The summed E-state index contributed by atoms with van der Waals surface area (Å²) in [4.78, 5) is 72.8. The van der Waals surface area contributed by atoms with Crippen molar-refractivity contribution in [2.24, 2.45) is 23.7 Å². The summed E-state index contributed by atoms with van der Waals surface area (Å²) in [5, 5.41) is 10.6. The molecule has 0 rings (SSSR count). The van der Waals surface area contributed by atoms with Crippen LogP contribution in [-0.4, -0.2) is 96.7 Å². The maximum absolute atomic E-state index is 13.1. The van der Waals surface area contributed by atoms with Gasteiger partial charge in [0, 0.05) is 25.7 Å². The van der Waals surface area contributed by atoms with Gasteiger partial charge in [0.15, 0.2) is 12.2 Å². The molecular weight excluding hydrogens is 1250 g/mol. The molecule has 95 heavy (non-hydrogen) atoms. The topological polar surface area (TPSA) is 237 Å². The first-order valence-electron chi connectivity index (χ1n) is 39.2. The summed E-state index contributed by atoms with van der Waals surface area (Å²) in [5.74, 6) is 0.899. The molecule has 0 amide bonds. The summed E-state index contributed by atoms with van der Waals surface area (Å²) in [6, 6.07) is 0. The summed E-state index contributed by atoms with van der Waals surface area (Å²) in [7, 11) is -9.91. The predicted octanol–water partition coefficient (Wildman–Crippen LogP) is 22.0. The van der Waals surface area contributed by atoms with Gasteiger partial charge in [-0.3, -0.25) is 37.3 Å². The van der Waals surface area contributed by atoms with Gasteiger partial charge in [0.2, 0.25) is 0 Å². The molecule has 0 bridgehead atoms. The highest BCUT2D eigenvalue weighted by molar-refractivity contribution is 7.47. The normalized spacial score (nSPS) is 14.1. The van der Waals surface area contributed by atoms with E-state index in [1.807, 2.05) is 0 Å². The Balaban J connectivity index is 5.23. The SMILES string of the molecule is CC(C)CCCCCCCCCCCCCCCCC(=O)OC[C@H](COP(=O)(O)OC[C@@H](O)COP(=O)(O)OC[C@@H](COC(=O)CCCCCCCCC(C)C)OC(=O)CCCCCCCCCCCCCCC(C)C)OC(=O)CCCCCCCCCCCCCC(C)C. The largest absolute Gasteiger partial charge is 0.472 e. The summed E-state index contributed by atoms with van der Waals surface area (Å²) in [6.45, 7) is 14.2. The van der Waals surface area contributed by atoms with Crippen LogP contribution in [0.3, 0.4) is 0 Å². The molecule has 0 heterocycles. The van der Waals surface area contributed by atoms with Gasteiger partial charge in [-0.15, -0.1) is 0 Å². The third kappa shape index (κ3) is 70.3. The Morgan fingerprint density at radius 2 is 0.442 bits per heavy atom. The molecule has 3 N–H and O–H groups in total. The molecule has 0 aromatic carbocycles. The summed E-state index contributed by atoms with van der Waals surface area (Å²) < 4.78 is 68.5. The summed E-state index contributed by atoms with van der Waals surface area (Å²) >= 11 is 0. The zero-order valence-electron chi connectivity index (χ0n) is 62.3. The van der Waals surface area contributed by atoms with Gasteiger partial charge in [-0.25, -0.2) is 9.13 Å². The van der Waals surface area contributed by atoms with E-state index in [4.69, 9.17) is 37.0 Å². The van der Waals surface area contributed by atoms with Crippen LogP contribution in [0.4, 0.5) is 0 Å². The highest BCUT2D eigenvalue weighted by Crippen LogP contribution is 2.45. The van der Waals surface area contributed by atoms with Crippen molar-refractivity contribution in [2.75, 3.05) is 39.6 Å².